The Balaban J connectivity index is 2.01. The molecule has 2 rings (SSSR count). The lowest BCUT2D eigenvalue weighted by atomic mass is 9.96. The van der Waals surface area contributed by atoms with E-state index in [2.05, 4.69) is 5.32 Å². The van der Waals surface area contributed by atoms with Crippen LogP contribution in [-0.2, 0) is 9.59 Å². The third-order valence-corrected chi connectivity index (χ3v) is 4.14. The molecule has 1 atom stereocenters. The highest BCUT2D eigenvalue weighted by Gasteiger charge is 2.28. The summed E-state index contributed by atoms with van der Waals surface area (Å²) >= 11 is 6.13. The first kappa shape index (κ1) is 15.8. The van der Waals surface area contributed by atoms with Crippen molar-refractivity contribution in [3.05, 3.63) is 28.8 Å². The first-order valence-corrected chi connectivity index (χ1v) is 7.74. The van der Waals surface area contributed by atoms with Crippen molar-refractivity contribution in [3.8, 4) is 0 Å². The molecule has 0 spiro atoms. The average molecular weight is 309 g/mol. The number of amides is 2. The van der Waals surface area contributed by atoms with Gasteiger partial charge in [-0.15, -0.1) is 0 Å². The molecule has 0 aliphatic carbocycles. The van der Waals surface area contributed by atoms with Gasteiger partial charge in [0.1, 0.15) is 0 Å². The molecule has 1 aliphatic heterocycles. The summed E-state index contributed by atoms with van der Waals surface area (Å²) in [6.45, 7) is 5.05. The summed E-state index contributed by atoms with van der Waals surface area (Å²) in [5.74, 6) is -0.109. The topological polar surface area (TPSA) is 49.4 Å². The molecule has 0 bridgehead atoms. The van der Waals surface area contributed by atoms with Crippen LogP contribution >= 0.6 is 11.6 Å². The van der Waals surface area contributed by atoms with E-state index in [0.717, 1.165) is 24.9 Å². The van der Waals surface area contributed by atoms with E-state index in [1.54, 1.807) is 4.90 Å². The number of nitrogens with one attached hydrogen (secondary N) is 1. The molecule has 1 N–H and O–H groups in total. The van der Waals surface area contributed by atoms with Crippen LogP contribution in [0.1, 0.15) is 31.7 Å². The number of benzene rings is 1. The minimum atomic E-state index is -0.161. The van der Waals surface area contributed by atoms with Gasteiger partial charge in [0, 0.05) is 19.5 Å². The first-order valence-electron chi connectivity index (χ1n) is 7.36. The van der Waals surface area contributed by atoms with Gasteiger partial charge >= 0.3 is 0 Å². The first-order chi connectivity index (χ1) is 10.0. The monoisotopic (exact) mass is 308 g/mol. The fourth-order valence-corrected chi connectivity index (χ4v) is 2.88. The predicted octanol–water partition coefficient (Wildman–Crippen LogP) is 3.24. The van der Waals surface area contributed by atoms with Crippen molar-refractivity contribution in [3.63, 3.8) is 0 Å². The molecule has 5 heteroatoms. The molecule has 114 valence electrons. The van der Waals surface area contributed by atoms with Crippen LogP contribution in [0.4, 0.5) is 5.69 Å². The van der Waals surface area contributed by atoms with Crippen LogP contribution in [0.15, 0.2) is 18.2 Å². The number of rotatable bonds is 3. The SMILES string of the molecule is CCC(=O)N1CCCC(C(=O)Nc2ccc(C)cc2Cl)C1. The Kier molecular flexibility index (Phi) is 5.23. The molecule has 1 aromatic rings. The van der Waals surface area contributed by atoms with Crippen LogP contribution in [0, 0.1) is 12.8 Å². The Hall–Kier alpha value is -1.55. The molecule has 0 radical (unpaired) electrons. The van der Waals surface area contributed by atoms with E-state index in [1.807, 2.05) is 32.0 Å². The summed E-state index contributed by atoms with van der Waals surface area (Å²) in [5, 5.41) is 3.42. The lowest BCUT2D eigenvalue weighted by Crippen LogP contribution is -2.43. The van der Waals surface area contributed by atoms with Crippen LogP contribution in [0.5, 0.6) is 0 Å². The second kappa shape index (κ2) is 6.94. The summed E-state index contributed by atoms with van der Waals surface area (Å²) in [6, 6.07) is 5.55. The minimum absolute atomic E-state index is 0.0608. The van der Waals surface area contributed by atoms with Crippen molar-refractivity contribution in [1.82, 2.24) is 4.90 Å². The van der Waals surface area contributed by atoms with Crippen LogP contribution < -0.4 is 5.32 Å². The van der Waals surface area contributed by atoms with E-state index in [4.69, 9.17) is 11.6 Å². The van der Waals surface area contributed by atoms with Crippen molar-refractivity contribution in [2.24, 2.45) is 5.92 Å². The number of likely N-dealkylation sites (tertiary alicyclic amines) is 1. The third kappa shape index (κ3) is 3.97. The van der Waals surface area contributed by atoms with Crippen molar-refractivity contribution < 1.29 is 9.59 Å². The zero-order valence-corrected chi connectivity index (χ0v) is 13.2. The molecule has 1 unspecified atom stereocenters. The van der Waals surface area contributed by atoms with E-state index < -0.39 is 0 Å². The normalized spacial score (nSPS) is 18.4. The van der Waals surface area contributed by atoms with Gasteiger partial charge in [0.2, 0.25) is 11.8 Å². The summed E-state index contributed by atoms with van der Waals surface area (Å²) in [4.78, 5) is 25.9. The number of halogens is 1. The van der Waals surface area contributed by atoms with E-state index in [1.165, 1.54) is 0 Å². The Morgan fingerprint density at radius 1 is 1.43 bits per heavy atom. The fraction of sp³-hybridized carbons (Fsp3) is 0.500. The molecular weight excluding hydrogens is 288 g/mol. The number of anilines is 1. The highest BCUT2D eigenvalue weighted by Crippen LogP contribution is 2.25. The van der Waals surface area contributed by atoms with E-state index >= 15 is 0 Å². The smallest absolute Gasteiger partial charge is 0.229 e. The van der Waals surface area contributed by atoms with Crippen molar-refractivity contribution in [2.45, 2.75) is 33.1 Å². The number of carbonyl (C=O) groups is 2. The Morgan fingerprint density at radius 2 is 2.19 bits per heavy atom. The Bertz CT molecular complexity index is 545. The maximum atomic E-state index is 12.4. The molecule has 1 saturated heterocycles. The van der Waals surface area contributed by atoms with Crippen molar-refractivity contribution >= 4 is 29.1 Å². The highest BCUT2D eigenvalue weighted by molar-refractivity contribution is 6.33. The maximum Gasteiger partial charge on any atom is 0.229 e. The Labute approximate surface area is 130 Å². The lowest BCUT2D eigenvalue weighted by Gasteiger charge is -2.32. The van der Waals surface area contributed by atoms with Gasteiger partial charge in [0.05, 0.1) is 16.6 Å². The number of carbonyl (C=O) groups excluding carboxylic acids is 2. The molecule has 2 amide bonds. The van der Waals surface area contributed by atoms with Crippen molar-refractivity contribution in [1.29, 1.82) is 0 Å². The number of aryl methyl sites for hydroxylation is 1. The summed E-state index contributed by atoms with van der Waals surface area (Å²) in [6.07, 6.45) is 2.16. The zero-order chi connectivity index (χ0) is 15.4. The zero-order valence-electron chi connectivity index (χ0n) is 12.5. The van der Waals surface area contributed by atoms with E-state index in [-0.39, 0.29) is 17.7 Å². The maximum absolute atomic E-state index is 12.4. The molecule has 4 nitrogen and oxygen atoms in total. The molecule has 1 heterocycles. The fourth-order valence-electron chi connectivity index (χ4n) is 2.60. The highest BCUT2D eigenvalue weighted by atomic mass is 35.5. The number of hydrogen-bond acceptors (Lipinski definition) is 2. The molecule has 1 fully saturated rings. The summed E-state index contributed by atoms with van der Waals surface area (Å²) in [7, 11) is 0. The van der Waals surface area contributed by atoms with Gasteiger partial charge in [-0.25, -0.2) is 0 Å². The van der Waals surface area contributed by atoms with E-state index in [0.29, 0.717) is 23.7 Å². The lowest BCUT2D eigenvalue weighted by molar-refractivity contribution is -0.134. The van der Waals surface area contributed by atoms with Crippen LogP contribution in [0.2, 0.25) is 5.02 Å². The molecule has 21 heavy (non-hydrogen) atoms. The Morgan fingerprint density at radius 3 is 2.86 bits per heavy atom. The molecule has 1 aliphatic rings. The van der Waals surface area contributed by atoms with Crippen molar-refractivity contribution in [2.75, 3.05) is 18.4 Å². The van der Waals surface area contributed by atoms with Gasteiger partial charge in [0.25, 0.3) is 0 Å². The molecular formula is C16H21ClN2O2. The second-order valence-electron chi connectivity index (χ2n) is 5.51. The second-order valence-corrected chi connectivity index (χ2v) is 5.91. The van der Waals surface area contributed by atoms with Crippen LogP contribution in [0.3, 0.4) is 0 Å². The third-order valence-electron chi connectivity index (χ3n) is 3.83. The van der Waals surface area contributed by atoms with Crippen LogP contribution in [0.25, 0.3) is 0 Å². The van der Waals surface area contributed by atoms with Crippen LogP contribution in [-0.4, -0.2) is 29.8 Å². The predicted molar refractivity (Wildman–Crippen MR) is 84.4 cm³/mol. The molecule has 0 aromatic heterocycles. The number of hydrogen-bond donors (Lipinski definition) is 1. The van der Waals surface area contributed by atoms with Gasteiger partial charge < -0.3 is 10.2 Å². The average Bonchev–Trinajstić information content (AvgIpc) is 2.49. The number of piperidine rings is 1. The number of nitrogens with zero attached hydrogens (tertiary/aromatic N) is 1. The summed E-state index contributed by atoms with van der Waals surface area (Å²) < 4.78 is 0. The van der Waals surface area contributed by atoms with Gasteiger partial charge in [-0.05, 0) is 37.5 Å². The largest absolute Gasteiger partial charge is 0.342 e. The van der Waals surface area contributed by atoms with Gasteiger partial charge in [-0.3, -0.25) is 9.59 Å². The molecule has 1 aromatic carbocycles. The van der Waals surface area contributed by atoms with E-state index in [9.17, 15) is 9.59 Å². The minimum Gasteiger partial charge on any atom is -0.342 e. The quantitative estimate of drug-likeness (QED) is 0.932. The van der Waals surface area contributed by atoms with Gasteiger partial charge in [-0.2, -0.15) is 0 Å². The standard InChI is InChI=1S/C16H21ClN2O2/c1-3-15(20)19-8-4-5-12(10-19)16(21)18-14-7-6-11(2)9-13(14)17/h6-7,9,12H,3-5,8,10H2,1-2H3,(H,18,21). The van der Waals surface area contributed by atoms with Gasteiger partial charge in [0.15, 0.2) is 0 Å². The molecule has 0 saturated carbocycles. The summed E-state index contributed by atoms with van der Waals surface area (Å²) in [5.41, 5.74) is 1.68. The van der Waals surface area contributed by atoms with Gasteiger partial charge in [-0.1, -0.05) is 24.6 Å².